The van der Waals surface area contributed by atoms with Crippen molar-refractivity contribution in [3.05, 3.63) is 77.8 Å². The third-order valence-electron chi connectivity index (χ3n) is 4.31. The number of nitrogens with zero attached hydrogens (tertiary/aromatic N) is 2. The van der Waals surface area contributed by atoms with Crippen LogP contribution >= 0.6 is 0 Å². The Hall–Kier alpha value is -3.48. The predicted molar refractivity (Wildman–Crippen MR) is 107 cm³/mol. The molecule has 0 bridgehead atoms. The summed E-state index contributed by atoms with van der Waals surface area (Å²) in [6.45, 7) is -0.307. The van der Waals surface area contributed by atoms with Crippen LogP contribution in [0.4, 0.5) is 4.39 Å². The van der Waals surface area contributed by atoms with E-state index in [4.69, 9.17) is 9.68 Å². The van der Waals surface area contributed by atoms with Gasteiger partial charge in [0, 0.05) is 12.6 Å². The van der Waals surface area contributed by atoms with E-state index in [9.17, 15) is 17.6 Å². The minimum atomic E-state index is -3.87. The monoisotopic (exact) mass is 427 g/mol. The van der Waals surface area contributed by atoms with Gasteiger partial charge in [0.25, 0.3) is 0 Å². The van der Waals surface area contributed by atoms with Crippen LogP contribution in [0.3, 0.4) is 0 Å². The van der Waals surface area contributed by atoms with Gasteiger partial charge in [0.05, 0.1) is 29.6 Å². The van der Waals surface area contributed by atoms with E-state index in [2.05, 4.69) is 5.32 Å². The largest absolute Gasteiger partial charge is 0.459 e. The highest BCUT2D eigenvalue weighted by molar-refractivity contribution is 7.89. The van der Waals surface area contributed by atoms with Crippen molar-refractivity contribution in [3.8, 4) is 17.4 Å². The molecule has 3 rings (SSSR count). The number of hydrogen-bond donors (Lipinski definition) is 1. The maximum absolute atomic E-state index is 13.0. The molecule has 0 spiro atoms. The molecule has 0 radical (unpaired) electrons. The van der Waals surface area contributed by atoms with E-state index in [1.54, 1.807) is 24.3 Å². The maximum atomic E-state index is 13.0. The van der Waals surface area contributed by atoms with Crippen LogP contribution in [-0.4, -0.2) is 32.2 Å². The van der Waals surface area contributed by atoms with Crippen LogP contribution in [0.15, 0.2) is 70.0 Å². The summed E-state index contributed by atoms with van der Waals surface area (Å²) in [4.78, 5) is 12.2. The van der Waals surface area contributed by atoms with E-state index in [1.165, 1.54) is 43.4 Å². The highest BCUT2D eigenvalue weighted by atomic mass is 32.2. The van der Waals surface area contributed by atoms with Gasteiger partial charge in [-0.3, -0.25) is 4.79 Å². The van der Waals surface area contributed by atoms with E-state index >= 15 is 0 Å². The van der Waals surface area contributed by atoms with Crippen molar-refractivity contribution >= 4 is 15.9 Å². The zero-order valence-electron chi connectivity index (χ0n) is 16.0. The number of sulfonamides is 1. The van der Waals surface area contributed by atoms with Crippen molar-refractivity contribution in [1.29, 1.82) is 5.26 Å². The van der Waals surface area contributed by atoms with E-state index in [0.29, 0.717) is 22.6 Å². The number of nitrogens with one attached hydrogen (secondary N) is 1. The molecule has 1 N–H and O–H groups in total. The van der Waals surface area contributed by atoms with Crippen LogP contribution in [0.25, 0.3) is 11.3 Å². The average Bonchev–Trinajstić information content (AvgIpc) is 3.22. The Labute approximate surface area is 173 Å². The Morgan fingerprint density at radius 2 is 1.77 bits per heavy atom. The number of furan rings is 1. The molecule has 0 atom stereocenters. The molecule has 1 aromatic heterocycles. The van der Waals surface area contributed by atoms with Gasteiger partial charge >= 0.3 is 0 Å². The lowest BCUT2D eigenvalue weighted by molar-refractivity contribution is -0.121. The van der Waals surface area contributed by atoms with Crippen LogP contribution in [-0.2, 0) is 21.4 Å². The second-order valence-electron chi connectivity index (χ2n) is 6.45. The van der Waals surface area contributed by atoms with E-state index < -0.39 is 15.9 Å². The molecule has 0 aliphatic carbocycles. The van der Waals surface area contributed by atoms with Crippen molar-refractivity contribution < 1.29 is 22.0 Å². The Bertz CT molecular complexity index is 1180. The Morgan fingerprint density at radius 1 is 1.10 bits per heavy atom. The van der Waals surface area contributed by atoms with Crippen LogP contribution in [0.2, 0.25) is 0 Å². The summed E-state index contributed by atoms with van der Waals surface area (Å²) in [5.41, 5.74) is 1.04. The highest BCUT2D eigenvalue weighted by Crippen LogP contribution is 2.22. The summed E-state index contributed by atoms with van der Waals surface area (Å²) in [6, 6.07) is 16.6. The van der Waals surface area contributed by atoms with Gasteiger partial charge in [-0.25, -0.2) is 12.8 Å². The highest BCUT2D eigenvalue weighted by Gasteiger charge is 2.23. The lowest BCUT2D eigenvalue weighted by Gasteiger charge is -2.16. The lowest BCUT2D eigenvalue weighted by atomic mass is 10.2. The first-order chi connectivity index (χ1) is 14.3. The minimum absolute atomic E-state index is 0.00762. The van der Waals surface area contributed by atoms with Gasteiger partial charge in [0.1, 0.15) is 17.3 Å². The molecule has 0 fully saturated rings. The van der Waals surface area contributed by atoms with Gasteiger partial charge < -0.3 is 9.73 Å². The summed E-state index contributed by atoms with van der Waals surface area (Å²) in [5, 5.41) is 11.4. The second kappa shape index (κ2) is 8.90. The summed E-state index contributed by atoms with van der Waals surface area (Å²) in [5.74, 6) is 0.146. The predicted octanol–water partition coefficient (Wildman–Crippen LogP) is 2.89. The van der Waals surface area contributed by atoms with Crippen molar-refractivity contribution in [2.45, 2.75) is 11.4 Å². The fourth-order valence-electron chi connectivity index (χ4n) is 2.65. The molecule has 3 aromatic rings. The number of likely N-dealkylation sites (N-methyl/N-ethyl adjacent to an activating group) is 1. The SMILES string of the molecule is CN(CC(=O)NCc1ccc(-c2ccc(F)cc2)o1)S(=O)(=O)c1ccc(C#N)cc1. The summed E-state index contributed by atoms with van der Waals surface area (Å²) in [6.07, 6.45) is 0. The molecule has 2 aromatic carbocycles. The summed E-state index contributed by atoms with van der Waals surface area (Å²) >= 11 is 0. The first-order valence-corrected chi connectivity index (χ1v) is 10.3. The third kappa shape index (κ3) is 4.92. The zero-order chi connectivity index (χ0) is 21.7. The second-order valence-corrected chi connectivity index (χ2v) is 8.49. The topological polar surface area (TPSA) is 103 Å². The maximum Gasteiger partial charge on any atom is 0.243 e. The number of hydrogen-bond acceptors (Lipinski definition) is 5. The zero-order valence-corrected chi connectivity index (χ0v) is 16.8. The first kappa shape index (κ1) is 21.2. The van der Waals surface area contributed by atoms with Gasteiger partial charge in [-0.15, -0.1) is 0 Å². The summed E-state index contributed by atoms with van der Waals surface area (Å²) in [7, 11) is -2.57. The molecule has 0 saturated carbocycles. The molecule has 0 unspecified atom stereocenters. The van der Waals surface area contributed by atoms with E-state index in [0.717, 1.165) is 4.31 Å². The minimum Gasteiger partial charge on any atom is -0.459 e. The average molecular weight is 427 g/mol. The van der Waals surface area contributed by atoms with Crippen molar-refractivity contribution in [2.75, 3.05) is 13.6 Å². The number of amides is 1. The number of benzene rings is 2. The molecule has 0 aliphatic heterocycles. The van der Waals surface area contributed by atoms with Crippen LogP contribution in [0.5, 0.6) is 0 Å². The molecule has 7 nitrogen and oxygen atoms in total. The number of carbonyl (C=O) groups is 1. The van der Waals surface area contributed by atoms with Gasteiger partial charge in [0.2, 0.25) is 15.9 Å². The molecule has 1 heterocycles. The van der Waals surface area contributed by atoms with Crippen molar-refractivity contribution in [2.24, 2.45) is 0 Å². The molecule has 1 amide bonds. The Balaban J connectivity index is 1.57. The van der Waals surface area contributed by atoms with Gasteiger partial charge in [-0.1, -0.05) is 0 Å². The van der Waals surface area contributed by atoms with Crippen molar-refractivity contribution in [1.82, 2.24) is 9.62 Å². The van der Waals surface area contributed by atoms with E-state index in [1.807, 2.05) is 6.07 Å². The van der Waals surface area contributed by atoms with Crippen LogP contribution in [0, 0.1) is 17.1 Å². The van der Waals surface area contributed by atoms with Crippen molar-refractivity contribution in [3.63, 3.8) is 0 Å². The quantitative estimate of drug-likeness (QED) is 0.624. The number of halogens is 1. The fraction of sp³-hybridized carbons (Fsp3) is 0.143. The molecule has 0 saturated heterocycles. The fourth-order valence-corrected chi connectivity index (χ4v) is 3.78. The number of rotatable bonds is 7. The third-order valence-corrected chi connectivity index (χ3v) is 6.13. The van der Waals surface area contributed by atoms with Crippen LogP contribution in [0.1, 0.15) is 11.3 Å². The summed E-state index contributed by atoms with van der Waals surface area (Å²) < 4.78 is 44.7. The standard InChI is InChI=1S/C21H18FN3O4S/c1-25(30(27,28)19-9-2-15(12-23)3-10-19)14-21(26)24-13-18-8-11-20(29-18)16-4-6-17(22)7-5-16/h2-11H,13-14H2,1H3,(H,24,26). The Kier molecular flexibility index (Phi) is 6.30. The number of carbonyl (C=O) groups excluding carboxylic acids is 1. The van der Waals surface area contributed by atoms with Gasteiger partial charge in [-0.2, -0.15) is 9.57 Å². The molecule has 154 valence electrons. The lowest BCUT2D eigenvalue weighted by Crippen LogP contribution is -2.38. The molecule has 0 aliphatic rings. The molecular formula is C21H18FN3O4S. The number of nitriles is 1. The van der Waals surface area contributed by atoms with Gasteiger partial charge in [0.15, 0.2) is 0 Å². The Morgan fingerprint density at radius 3 is 2.40 bits per heavy atom. The smallest absolute Gasteiger partial charge is 0.243 e. The first-order valence-electron chi connectivity index (χ1n) is 8.87. The molecule has 30 heavy (non-hydrogen) atoms. The molecule has 9 heteroatoms. The normalized spacial score (nSPS) is 11.3. The van der Waals surface area contributed by atoms with Crippen LogP contribution < -0.4 is 5.32 Å². The molecular weight excluding hydrogens is 409 g/mol. The van der Waals surface area contributed by atoms with E-state index in [-0.39, 0.29) is 23.8 Å². The van der Waals surface area contributed by atoms with Gasteiger partial charge in [-0.05, 0) is 60.7 Å².